The van der Waals surface area contributed by atoms with E-state index in [0.717, 1.165) is 31.0 Å². The fourth-order valence-corrected chi connectivity index (χ4v) is 2.94. The monoisotopic (exact) mass is 309 g/mol. The maximum absolute atomic E-state index is 12.5. The summed E-state index contributed by atoms with van der Waals surface area (Å²) in [6.45, 7) is 5.96. The highest BCUT2D eigenvalue weighted by Crippen LogP contribution is 2.19. The third kappa shape index (κ3) is 3.89. The lowest BCUT2D eigenvalue weighted by Crippen LogP contribution is -2.39. The van der Waals surface area contributed by atoms with Crippen molar-refractivity contribution >= 4 is 17.4 Å². The number of pyridine rings is 1. The van der Waals surface area contributed by atoms with E-state index in [2.05, 4.69) is 36.3 Å². The molecule has 120 valence electrons. The molecule has 3 rings (SSSR count). The van der Waals surface area contributed by atoms with Crippen molar-refractivity contribution in [1.29, 1.82) is 0 Å². The zero-order valence-corrected chi connectivity index (χ0v) is 13.7. The minimum absolute atomic E-state index is 0.0888. The zero-order chi connectivity index (χ0) is 16.2. The predicted molar refractivity (Wildman–Crippen MR) is 93.0 cm³/mol. The van der Waals surface area contributed by atoms with Crippen molar-refractivity contribution in [2.75, 3.05) is 18.4 Å². The molecule has 4 nitrogen and oxygen atoms in total. The molecule has 1 amide bonds. The van der Waals surface area contributed by atoms with Crippen molar-refractivity contribution in [3.05, 3.63) is 53.7 Å². The van der Waals surface area contributed by atoms with Gasteiger partial charge >= 0.3 is 0 Å². The Bertz CT molecular complexity index is 664. The summed E-state index contributed by atoms with van der Waals surface area (Å²) in [4.78, 5) is 18.8. The quantitative estimate of drug-likeness (QED) is 0.932. The first-order valence-electron chi connectivity index (χ1n) is 8.21. The SMILES string of the molecule is Cc1ccc(Nc2ccc(C(=O)N3CCCC(C)C3)cn2)cc1. The first kappa shape index (κ1) is 15.5. The molecule has 1 saturated heterocycles. The van der Waals surface area contributed by atoms with Crippen molar-refractivity contribution in [3.8, 4) is 0 Å². The molecular formula is C19H23N3O. The van der Waals surface area contributed by atoms with E-state index in [0.29, 0.717) is 11.5 Å². The Morgan fingerprint density at radius 3 is 2.65 bits per heavy atom. The normalized spacial score (nSPS) is 17.8. The van der Waals surface area contributed by atoms with Crippen LogP contribution in [-0.4, -0.2) is 28.9 Å². The first-order chi connectivity index (χ1) is 11.1. The zero-order valence-electron chi connectivity index (χ0n) is 13.7. The van der Waals surface area contributed by atoms with Gasteiger partial charge in [0.15, 0.2) is 0 Å². The van der Waals surface area contributed by atoms with E-state index in [1.807, 2.05) is 29.2 Å². The Hall–Kier alpha value is -2.36. The Morgan fingerprint density at radius 2 is 2.00 bits per heavy atom. The van der Waals surface area contributed by atoms with Gasteiger partial charge in [0.1, 0.15) is 5.82 Å². The van der Waals surface area contributed by atoms with Crippen molar-refractivity contribution in [1.82, 2.24) is 9.88 Å². The number of hydrogen-bond acceptors (Lipinski definition) is 3. The highest BCUT2D eigenvalue weighted by atomic mass is 16.2. The Morgan fingerprint density at radius 1 is 1.22 bits per heavy atom. The molecule has 1 atom stereocenters. The number of nitrogens with zero attached hydrogens (tertiary/aromatic N) is 2. The fraction of sp³-hybridized carbons (Fsp3) is 0.368. The topological polar surface area (TPSA) is 45.2 Å². The molecule has 0 aliphatic carbocycles. The Balaban J connectivity index is 1.66. The summed E-state index contributed by atoms with van der Waals surface area (Å²) in [7, 11) is 0. The molecule has 1 aromatic heterocycles. The maximum atomic E-state index is 12.5. The highest BCUT2D eigenvalue weighted by Gasteiger charge is 2.22. The van der Waals surface area contributed by atoms with E-state index in [9.17, 15) is 4.79 Å². The van der Waals surface area contributed by atoms with Crippen LogP contribution in [0.4, 0.5) is 11.5 Å². The Kier molecular flexibility index (Phi) is 4.60. The molecule has 1 aliphatic heterocycles. The minimum atomic E-state index is 0.0888. The van der Waals surface area contributed by atoms with Crippen LogP contribution in [-0.2, 0) is 0 Å². The van der Waals surface area contributed by atoms with E-state index < -0.39 is 0 Å². The van der Waals surface area contributed by atoms with Crippen LogP contribution in [0.25, 0.3) is 0 Å². The number of rotatable bonds is 3. The van der Waals surface area contributed by atoms with Crippen LogP contribution in [0.5, 0.6) is 0 Å². The van der Waals surface area contributed by atoms with Crippen LogP contribution in [0, 0.1) is 12.8 Å². The molecule has 0 radical (unpaired) electrons. The summed E-state index contributed by atoms with van der Waals surface area (Å²) in [5.41, 5.74) is 2.88. The van der Waals surface area contributed by atoms with Crippen molar-refractivity contribution in [2.45, 2.75) is 26.7 Å². The number of nitrogens with one attached hydrogen (secondary N) is 1. The minimum Gasteiger partial charge on any atom is -0.340 e. The lowest BCUT2D eigenvalue weighted by molar-refractivity contribution is 0.0682. The molecule has 1 fully saturated rings. The van der Waals surface area contributed by atoms with Gasteiger partial charge in [-0.05, 0) is 49.9 Å². The average Bonchev–Trinajstić information content (AvgIpc) is 2.57. The smallest absolute Gasteiger partial charge is 0.255 e. The van der Waals surface area contributed by atoms with E-state index in [1.165, 1.54) is 12.0 Å². The summed E-state index contributed by atoms with van der Waals surface area (Å²) in [6, 6.07) is 11.9. The number of hydrogen-bond donors (Lipinski definition) is 1. The first-order valence-corrected chi connectivity index (χ1v) is 8.21. The number of likely N-dealkylation sites (tertiary alicyclic amines) is 1. The van der Waals surface area contributed by atoms with Crippen molar-refractivity contribution in [3.63, 3.8) is 0 Å². The molecule has 1 N–H and O–H groups in total. The number of aryl methyl sites for hydroxylation is 1. The molecule has 4 heteroatoms. The summed E-state index contributed by atoms with van der Waals surface area (Å²) in [6.07, 6.45) is 3.97. The van der Waals surface area contributed by atoms with Crippen molar-refractivity contribution in [2.24, 2.45) is 5.92 Å². The second-order valence-electron chi connectivity index (χ2n) is 6.42. The molecule has 1 aromatic carbocycles. The largest absolute Gasteiger partial charge is 0.340 e. The second kappa shape index (κ2) is 6.82. The molecule has 0 bridgehead atoms. The van der Waals surface area contributed by atoms with Gasteiger partial charge in [-0.15, -0.1) is 0 Å². The predicted octanol–water partition coefficient (Wildman–Crippen LogP) is 4.01. The van der Waals surface area contributed by atoms with Crippen LogP contribution >= 0.6 is 0 Å². The van der Waals surface area contributed by atoms with Gasteiger partial charge in [0, 0.05) is 25.0 Å². The number of anilines is 2. The van der Waals surface area contributed by atoms with Crippen LogP contribution in [0.15, 0.2) is 42.6 Å². The van der Waals surface area contributed by atoms with Crippen LogP contribution in [0.1, 0.15) is 35.7 Å². The number of carbonyl (C=O) groups excluding carboxylic acids is 1. The maximum Gasteiger partial charge on any atom is 0.255 e. The van der Waals surface area contributed by atoms with E-state index in [4.69, 9.17) is 0 Å². The van der Waals surface area contributed by atoms with Gasteiger partial charge in [-0.2, -0.15) is 0 Å². The lowest BCUT2D eigenvalue weighted by Gasteiger charge is -2.30. The number of amides is 1. The van der Waals surface area contributed by atoms with Gasteiger partial charge in [-0.1, -0.05) is 24.6 Å². The van der Waals surface area contributed by atoms with E-state index in [-0.39, 0.29) is 5.91 Å². The summed E-state index contributed by atoms with van der Waals surface area (Å²) < 4.78 is 0. The number of benzene rings is 1. The summed E-state index contributed by atoms with van der Waals surface area (Å²) >= 11 is 0. The summed E-state index contributed by atoms with van der Waals surface area (Å²) in [5, 5.41) is 3.25. The Labute approximate surface area is 137 Å². The van der Waals surface area contributed by atoms with E-state index >= 15 is 0 Å². The van der Waals surface area contributed by atoms with Gasteiger partial charge in [0.2, 0.25) is 0 Å². The molecule has 2 aromatic rings. The van der Waals surface area contributed by atoms with Gasteiger partial charge in [-0.3, -0.25) is 4.79 Å². The van der Waals surface area contributed by atoms with Gasteiger partial charge < -0.3 is 10.2 Å². The third-order valence-corrected chi connectivity index (χ3v) is 4.28. The van der Waals surface area contributed by atoms with E-state index in [1.54, 1.807) is 6.20 Å². The summed E-state index contributed by atoms with van der Waals surface area (Å²) in [5.74, 6) is 1.42. The molecule has 23 heavy (non-hydrogen) atoms. The van der Waals surface area contributed by atoms with Crippen LogP contribution in [0.2, 0.25) is 0 Å². The number of piperidine rings is 1. The highest BCUT2D eigenvalue weighted by molar-refractivity contribution is 5.94. The fourth-order valence-electron chi connectivity index (χ4n) is 2.94. The number of aromatic nitrogens is 1. The second-order valence-corrected chi connectivity index (χ2v) is 6.42. The average molecular weight is 309 g/mol. The van der Waals surface area contributed by atoms with Gasteiger partial charge in [-0.25, -0.2) is 4.98 Å². The van der Waals surface area contributed by atoms with Crippen LogP contribution < -0.4 is 5.32 Å². The number of carbonyl (C=O) groups is 1. The molecule has 1 aliphatic rings. The lowest BCUT2D eigenvalue weighted by atomic mass is 10.00. The molecule has 2 heterocycles. The molecule has 1 unspecified atom stereocenters. The van der Waals surface area contributed by atoms with Crippen molar-refractivity contribution < 1.29 is 4.79 Å². The molecular weight excluding hydrogens is 286 g/mol. The molecule has 0 saturated carbocycles. The standard InChI is InChI=1S/C19H23N3O/c1-14-5-8-17(9-6-14)21-18-10-7-16(12-20-18)19(23)22-11-3-4-15(2)13-22/h5-10,12,15H,3-4,11,13H2,1-2H3,(H,20,21). The van der Waals surface area contributed by atoms with Gasteiger partial charge in [0.05, 0.1) is 5.56 Å². The third-order valence-electron chi connectivity index (χ3n) is 4.28. The van der Waals surface area contributed by atoms with Crippen LogP contribution in [0.3, 0.4) is 0 Å². The molecule has 0 spiro atoms. The van der Waals surface area contributed by atoms with Gasteiger partial charge in [0.25, 0.3) is 5.91 Å².